The van der Waals surface area contributed by atoms with Crippen LogP contribution in [0.5, 0.6) is 11.5 Å². The lowest BCUT2D eigenvalue weighted by atomic mass is 10.1. The second-order valence-corrected chi connectivity index (χ2v) is 4.89. The van der Waals surface area contributed by atoms with Gasteiger partial charge in [-0.05, 0) is 6.26 Å². The van der Waals surface area contributed by atoms with Crippen molar-refractivity contribution in [3.05, 3.63) is 33.9 Å². The Labute approximate surface area is 129 Å². The first kappa shape index (κ1) is 15.9. The summed E-state index contributed by atoms with van der Waals surface area (Å²) in [5.74, 6) is -0.317. The van der Waals surface area contributed by atoms with E-state index in [-0.39, 0.29) is 33.5 Å². The maximum atomic E-state index is 14.4. The zero-order chi connectivity index (χ0) is 16.3. The molecule has 1 aromatic heterocycles. The summed E-state index contributed by atoms with van der Waals surface area (Å²) in [7, 11) is 2.75. The first-order valence-electron chi connectivity index (χ1n) is 6.06. The number of H-pyrrole nitrogens is 1. The maximum absolute atomic E-state index is 14.4. The molecule has 1 aromatic carbocycles. The highest BCUT2D eigenvalue weighted by molar-refractivity contribution is 7.98. The summed E-state index contributed by atoms with van der Waals surface area (Å²) in [4.78, 5) is 18.5. The maximum Gasteiger partial charge on any atom is 0.270 e. The van der Waals surface area contributed by atoms with E-state index in [2.05, 4.69) is 9.97 Å². The van der Waals surface area contributed by atoms with Crippen LogP contribution < -0.4 is 15.0 Å². The standard InChI is InChI=1S/C14H12FN3O3S/c1-20-7-4-9(15)11(10(5-7)21-2)12-8(6-16)13(19)18-14(17-12)22-3/h4-5H,1-3H3,(H,17,18,19). The summed E-state index contributed by atoms with van der Waals surface area (Å²) in [6, 6.07) is 4.35. The quantitative estimate of drug-likeness (QED) is 0.686. The number of nitrogens with zero attached hydrogens (tertiary/aromatic N) is 2. The molecule has 6 nitrogen and oxygen atoms in total. The zero-order valence-electron chi connectivity index (χ0n) is 12.1. The molecular formula is C14H12FN3O3S. The largest absolute Gasteiger partial charge is 0.497 e. The topological polar surface area (TPSA) is 88.0 Å². The molecule has 0 amide bonds. The molecule has 0 spiro atoms. The van der Waals surface area contributed by atoms with Gasteiger partial charge in [-0.1, -0.05) is 11.8 Å². The molecule has 8 heteroatoms. The van der Waals surface area contributed by atoms with Crippen LogP contribution in [0, 0.1) is 17.1 Å². The Morgan fingerprint density at radius 2 is 2.09 bits per heavy atom. The highest BCUT2D eigenvalue weighted by Gasteiger charge is 2.21. The number of benzene rings is 1. The Hall–Kier alpha value is -2.53. The number of halogens is 1. The molecule has 0 aliphatic heterocycles. The van der Waals surface area contributed by atoms with Crippen molar-refractivity contribution in [1.29, 1.82) is 5.26 Å². The second-order valence-electron chi connectivity index (χ2n) is 4.10. The number of methoxy groups -OCH3 is 2. The average Bonchev–Trinajstić information content (AvgIpc) is 2.53. The van der Waals surface area contributed by atoms with Gasteiger partial charge in [0.1, 0.15) is 34.6 Å². The van der Waals surface area contributed by atoms with Crippen LogP contribution in [0.15, 0.2) is 22.1 Å². The van der Waals surface area contributed by atoms with Crippen LogP contribution in [0.2, 0.25) is 0 Å². The number of thioether (sulfide) groups is 1. The predicted molar refractivity (Wildman–Crippen MR) is 79.9 cm³/mol. The minimum atomic E-state index is -0.696. The zero-order valence-corrected chi connectivity index (χ0v) is 12.9. The Balaban J connectivity index is 2.85. The van der Waals surface area contributed by atoms with E-state index in [1.165, 1.54) is 32.0 Å². The van der Waals surface area contributed by atoms with Gasteiger partial charge in [0.05, 0.1) is 19.8 Å². The van der Waals surface area contributed by atoms with Gasteiger partial charge < -0.3 is 14.5 Å². The molecule has 0 radical (unpaired) electrons. The van der Waals surface area contributed by atoms with Crippen LogP contribution in [-0.2, 0) is 0 Å². The molecule has 0 saturated heterocycles. The number of rotatable bonds is 4. The molecule has 0 atom stereocenters. The van der Waals surface area contributed by atoms with E-state index in [0.717, 1.165) is 6.07 Å². The van der Waals surface area contributed by atoms with E-state index in [4.69, 9.17) is 9.47 Å². The number of ether oxygens (including phenoxy) is 2. The van der Waals surface area contributed by atoms with Crippen molar-refractivity contribution in [2.24, 2.45) is 0 Å². The van der Waals surface area contributed by atoms with Crippen LogP contribution in [0.3, 0.4) is 0 Å². The first-order valence-corrected chi connectivity index (χ1v) is 7.28. The Morgan fingerprint density at radius 3 is 2.64 bits per heavy atom. The molecule has 1 N–H and O–H groups in total. The van der Waals surface area contributed by atoms with Gasteiger partial charge in [-0.15, -0.1) is 0 Å². The van der Waals surface area contributed by atoms with Crippen molar-refractivity contribution in [3.8, 4) is 28.8 Å². The van der Waals surface area contributed by atoms with Gasteiger partial charge in [-0.3, -0.25) is 4.79 Å². The number of nitriles is 1. The fraction of sp³-hybridized carbons (Fsp3) is 0.214. The van der Waals surface area contributed by atoms with Gasteiger partial charge in [0.2, 0.25) is 0 Å². The molecular weight excluding hydrogens is 309 g/mol. The molecule has 114 valence electrons. The van der Waals surface area contributed by atoms with E-state index in [0.29, 0.717) is 0 Å². The summed E-state index contributed by atoms with van der Waals surface area (Å²) in [6.45, 7) is 0. The van der Waals surface area contributed by atoms with Crippen LogP contribution >= 0.6 is 11.8 Å². The normalized spacial score (nSPS) is 10.1. The number of aromatic amines is 1. The molecule has 0 aliphatic rings. The van der Waals surface area contributed by atoms with E-state index >= 15 is 0 Å². The molecule has 2 rings (SSSR count). The fourth-order valence-corrected chi connectivity index (χ4v) is 2.28. The van der Waals surface area contributed by atoms with Crippen molar-refractivity contribution in [2.75, 3.05) is 20.5 Å². The fourth-order valence-electron chi connectivity index (χ4n) is 1.90. The van der Waals surface area contributed by atoms with Crippen molar-refractivity contribution in [3.63, 3.8) is 0 Å². The Morgan fingerprint density at radius 1 is 1.36 bits per heavy atom. The summed E-state index contributed by atoms with van der Waals surface area (Å²) in [5.41, 5.74) is -1.02. The number of aromatic nitrogens is 2. The lowest BCUT2D eigenvalue weighted by Gasteiger charge is -2.12. The van der Waals surface area contributed by atoms with E-state index in [9.17, 15) is 14.4 Å². The minimum absolute atomic E-state index is 0.0544. The highest BCUT2D eigenvalue weighted by Crippen LogP contribution is 2.36. The number of nitrogens with one attached hydrogen (secondary N) is 1. The smallest absolute Gasteiger partial charge is 0.270 e. The third-order valence-electron chi connectivity index (χ3n) is 2.92. The third kappa shape index (κ3) is 2.76. The van der Waals surface area contributed by atoms with Crippen LogP contribution in [0.25, 0.3) is 11.3 Å². The summed E-state index contributed by atoms with van der Waals surface area (Å²) >= 11 is 1.17. The molecule has 0 saturated carbocycles. The molecule has 0 aliphatic carbocycles. The van der Waals surface area contributed by atoms with Gasteiger partial charge in [-0.25, -0.2) is 9.37 Å². The molecule has 0 bridgehead atoms. The van der Waals surface area contributed by atoms with Gasteiger partial charge in [0.15, 0.2) is 5.16 Å². The Bertz CT molecular complexity index is 814. The van der Waals surface area contributed by atoms with Gasteiger partial charge in [0, 0.05) is 12.1 Å². The third-order valence-corrected chi connectivity index (χ3v) is 3.50. The van der Waals surface area contributed by atoms with Gasteiger partial charge >= 0.3 is 0 Å². The number of hydrogen-bond donors (Lipinski definition) is 1. The summed E-state index contributed by atoms with van der Waals surface area (Å²) in [6.07, 6.45) is 1.70. The lowest BCUT2D eigenvalue weighted by molar-refractivity contribution is 0.390. The molecule has 22 heavy (non-hydrogen) atoms. The lowest BCUT2D eigenvalue weighted by Crippen LogP contribution is -2.15. The van der Waals surface area contributed by atoms with Crippen molar-refractivity contribution >= 4 is 11.8 Å². The summed E-state index contributed by atoms with van der Waals surface area (Å²) in [5, 5.41) is 9.45. The molecule has 1 heterocycles. The van der Waals surface area contributed by atoms with E-state index in [1.807, 2.05) is 0 Å². The average molecular weight is 321 g/mol. The predicted octanol–water partition coefficient (Wildman–Crippen LogP) is 2.19. The SMILES string of the molecule is COc1cc(F)c(-c2nc(SC)[nH]c(=O)c2C#N)c(OC)c1. The summed E-state index contributed by atoms with van der Waals surface area (Å²) < 4.78 is 24.5. The van der Waals surface area contributed by atoms with Crippen LogP contribution in [-0.4, -0.2) is 30.4 Å². The van der Waals surface area contributed by atoms with E-state index in [1.54, 1.807) is 12.3 Å². The minimum Gasteiger partial charge on any atom is -0.497 e. The molecule has 2 aromatic rings. The Kier molecular flexibility index (Phi) is 4.68. The van der Waals surface area contributed by atoms with Gasteiger partial charge in [-0.2, -0.15) is 5.26 Å². The van der Waals surface area contributed by atoms with Crippen LogP contribution in [0.4, 0.5) is 4.39 Å². The monoisotopic (exact) mass is 321 g/mol. The van der Waals surface area contributed by atoms with Crippen molar-refractivity contribution < 1.29 is 13.9 Å². The van der Waals surface area contributed by atoms with Crippen LogP contribution in [0.1, 0.15) is 5.56 Å². The van der Waals surface area contributed by atoms with E-state index < -0.39 is 11.4 Å². The number of hydrogen-bond acceptors (Lipinski definition) is 6. The first-order chi connectivity index (χ1) is 10.5. The second kappa shape index (κ2) is 6.49. The van der Waals surface area contributed by atoms with Crippen molar-refractivity contribution in [1.82, 2.24) is 9.97 Å². The molecule has 0 unspecified atom stereocenters. The highest BCUT2D eigenvalue weighted by atomic mass is 32.2. The molecule has 0 fully saturated rings. The van der Waals surface area contributed by atoms with Crippen molar-refractivity contribution in [2.45, 2.75) is 5.16 Å². The van der Waals surface area contributed by atoms with Gasteiger partial charge in [0.25, 0.3) is 5.56 Å².